The molecule has 0 aliphatic heterocycles. The standard InChI is InChI=1S/C14H17N3O4/c1-14(2,3)20-13(19)17-10-6-8(4-5-11(10)18)12-9(15)7-16-21-12/h4-7,18H,15H2,1-3H3,(H,17,19). The van der Waals surface area contributed by atoms with E-state index in [-0.39, 0.29) is 11.4 Å². The lowest BCUT2D eigenvalue weighted by Crippen LogP contribution is -2.27. The molecule has 0 aliphatic carbocycles. The van der Waals surface area contributed by atoms with Gasteiger partial charge in [-0.15, -0.1) is 0 Å². The lowest BCUT2D eigenvalue weighted by atomic mass is 10.1. The minimum absolute atomic E-state index is 0.0947. The molecule has 0 spiro atoms. The Kier molecular flexibility index (Phi) is 3.75. The molecule has 1 amide bonds. The average molecular weight is 291 g/mol. The van der Waals surface area contributed by atoms with Gasteiger partial charge in [-0.05, 0) is 39.0 Å². The molecule has 112 valence electrons. The van der Waals surface area contributed by atoms with Crippen molar-refractivity contribution in [3.05, 3.63) is 24.4 Å². The van der Waals surface area contributed by atoms with Gasteiger partial charge in [0.15, 0.2) is 5.76 Å². The highest BCUT2D eigenvalue weighted by Crippen LogP contribution is 2.32. The molecule has 4 N–H and O–H groups in total. The predicted molar refractivity (Wildman–Crippen MR) is 77.9 cm³/mol. The lowest BCUT2D eigenvalue weighted by Gasteiger charge is -2.20. The number of phenolic OH excluding ortho intramolecular Hbond substituents is 1. The van der Waals surface area contributed by atoms with Gasteiger partial charge in [-0.3, -0.25) is 5.32 Å². The number of carbonyl (C=O) groups is 1. The van der Waals surface area contributed by atoms with Gasteiger partial charge in [-0.2, -0.15) is 0 Å². The van der Waals surface area contributed by atoms with Gasteiger partial charge in [0.1, 0.15) is 17.0 Å². The van der Waals surface area contributed by atoms with Crippen molar-refractivity contribution < 1.29 is 19.2 Å². The molecule has 0 saturated heterocycles. The number of nitrogens with one attached hydrogen (secondary N) is 1. The van der Waals surface area contributed by atoms with Gasteiger partial charge < -0.3 is 20.1 Å². The number of nitrogens with two attached hydrogens (primary N) is 1. The van der Waals surface area contributed by atoms with Gasteiger partial charge in [0.25, 0.3) is 0 Å². The smallest absolute Gasteiger partial charge is 0.412 e. The molecular weight excluding hydrogens is 274 g/mol. The summed E-state index contributed by atoms with van der Waals surface area (Å²) in [7, 11) is 0. The summed E-state index contributed by atoms with van der Waals surface area (Å²) >= 11 is 0. The van der Waals surface area contributed by atoms with Gasteiger partial charge >= 0.3 is 6.09 Å². The third-order valence-corrected chi connectivity index (χ3v) is 2.49. The third-order valence-electron chi connectivity index (χ3n) is 2.49. The average Bonchev–Trinajstić information content (AvgIpc) is 2.76. The van der Waals surface area contributed by atoms with Crippen LogP contribution >= 0.6 is 0 Å². The minimum atomic E-state index is -0.666. The zero-order valence-electron chi connectivity index (χ0n) is 12.0. The Balaban J connectivity index is 2.24. The van der Waals surface area contributed by atoms with E-state index in [1.54, 1.807) is 26.8 Å². The Morgan fingerprint density at radius 2 is 2.14 bits per heavy atom. The Labute approximate surface area is 121 Å². The zero-order chi connectivity index (χ0) is 15.6. The maximum atomic E-state index is 11.7. The highest BCUT2D eigenvalue weighted by molar-refractivity contribution is 5.88. The van der Waals surface area contributed by atoms with Crippen molar-refractivity contribution in [2.75, 3.05) is 11.1 Å². The SMILES string of the molecule is CC(C)(C)OC(=O)Nc1cc(-c2oncc2N)ccc1O. The lowest BCUT2D eigenvalue weighted by molar-refractivity contribution is 0.0635. The van der Waals surface area contributed by atoms with Crippen LogP contribution in [0.2, 0.25) is 0 Å². The molecule has 0 fully saturated rings. The van der Waals surface area contributed by atoms with Crippen molar-refractivity contribution in [2.24, 2.45) is 0 Å². The van der Waals surface area contributed by atoms with Crippen molar-refractivity contribution in [1.82, 2.24) is 5.16 Å². The van der Waals surface area contributed by atoms with Crippen molar-refractivity contribution in [2.45, 2.75) is 26.4 Å². The second kappa shape index (κ2) is 5.35. The summed E-state index contributed by atoms with van der Waals surface area (Å²) in [6.45, 7) is 5.24. The van der Waals surface area contributed by atoms with Crippen LogP contribution in [0.15, 0.2) is 28.9 Å². The molecule has 1 aromatic heterocycles. The number of anilines is 2. The minimum Gasteiger partial charge on any atom is -0.506 e. The van der Waals surface area contributed by atoms with Crippen LogP contribution < -0.4 is 11.1 Å². The summed E-state index contributed by atoms with van der Waals surface area (Å²) in [6.07, 6.45) is 0.712. The first-order valence-electron chi connectivity index (χ1n) is 6.30. The van der Waals surface area contributed by atoms with Crippen LogP contribution in [0.25, 0.3) is 11.3 Å². The van der Waals surface area contributed by atoms with E-state index in [1.807, 2.05) is 0 Å². The Hall–Kier alpha value is -2.70. The summed E-state index contributed by atoms with van der Waals surface area (Å²) in [5.41, 5.74) is 6.22. The molecule has 0 aliphatic rings. The van der Waals surface area contributed by atoms with E-state index in [1.165, 1.54) is 18.3 Å². The summed E-state index contributed by atoms with van der Waals surface area (Å²) in [4.78, 5) is 11.7. The number of carbonyl (C=O) groups excluding carboxylic acids is 1. The van der Waals surface area contributed by atoms with Gasteiger partial charge in [-0.1, -0.05) is 5.16 Å². The van der Waals surface area contributed by atoms with Crippen molar-refractivity contribution in [3.63, 3.8) is 0 Å². The molecule has 7 heteroatoms. The van der Waals surface area contributed by atoms with E-state index >= 15 is 0 Å². The molecule has 0 atom stereocenters. The number of hydrogen-bond donors (Lipinski definition) is 3. The molecule has 0 bridgehead atoms. The fourth-order valence-corrected chi connectivity index (χ4v) is 1.66. The van der Waals surface area contributed by atoms with Crippen LogP contribution in [-0.4, -0.2) is 22.0 Å². The molecular formula is C14H17N3O4. The molecule has 1 heterocycles. The van der Waals surface area contributed by atoms with Gasteiger partial charge in [-0.25, -0.2) is 4.79 Å². The zero-order valence-corrected chi connectivity index (χ0v) is 12.0. The third kappa shape index (κ3) is 3.65. The topological polar surface area (TPSA) is 111 Å². The van der Waals surface area contributed by atoms with Gasteiger partial charge in [0.2, 0.25) is 0 Å². The van der Waals surface area contributed by atoms with Crippen LogP contribution in [0.1, 0.15) is 20.8 Å². The molecule has 0 saturated carbocycles. The first-order valence-corrected chi connectivity index (χ1v) is 6.30. The Morgan fingerprint density at radius 3 is 2.71 bits per heavy atom. The van der Waals surface area contributed by atoms with Crippen LogP contribution in [0, 0.1) is 0 Å². The number of nitrogens with zero attached hydrogens (tertiary/aromatic N) is 1. The maximum absolute atomic E-state index is 11.7. The first kappa shape index (κ1) is 14.7. The first-order chi connectivity index (χ1) is 9.76. The van der Waals surface area contributed by atoms with Gasteiger partial charge in [0.05, 0.1) is 11.9 Å². The maximum Gasteiger partial charge on any atom is 0.412 e. The molecule has 7 nitrogen and oxygen atoms in total. The molecule has 2 rings (SSSR count). The number of aromatic hydroxyl groups is 1. The van der Waals surface area contributed by atoms with E-state index in [0.717, 1.165) is 0 Å². The second-order valence-corrected chi connectivity index (χ2v) is 5.47. The Bertz CT molecular complexity index is 658. The van der Waals surface area contributed by atoms with E-state index in [9.17, 15) is 9.90 Å². The second-order valence-electron chi connectivity index (χ2n) is 5.47. The normalized spacial score (nSPS) is 11.2. The van der Waals surface area contributed by atoms with Crippen molar-refractivity contribution in [1.29, 1.82) is 0 Å². The summed E-state index contributed by atoms with van der Waals surface area (Å²) in [5.74, 6) is 0.268. The highest BCUT2D eigenvalue weighted by atomic mass is 16.6. The number of phenols is 1. The van der Waals surface area contributed by atoms with Crippen LogP contribution in [0.5, 0.6) is 5.75 Å². The van der Waals surface area contributed by atoms with E-state index < -0.39 is 11.7 Å². The van der Waals surface area contributed by atoms with Crippen molar-refractivity contribution >= 4 is 17.5 Å². The molecule has 0 radical (unpaired) electrons. The number of hydrogen-bond acceptors (Lipinski definition) is 6. The fourth-order valence-electron chi connectivity index (χ4n) is 1.66. The summed E-state index contributed by atoms with van der Waals surface area (Å²) < 4.78 is 10.2. The predicted octanol–water partition coefficient (Wildman–Crippen LogP) is 2.98. The van der Waals surface area contributed by atoms with Gasteiger partial charge in [0, 0.05) is 5.56 Å². The highest BCUT2D eigenvalue weighted by Gasteiger charge is 2.18. The largest absolute Gasteiger partial charge is 0.506 e. The number of amides is 1. The van der Waals surface area contributed by atoms with E-state index in [0.29, 0.717) is 17.0 Å². The molecule has 2 aromatic rings. The van der Waals surface area contributed by atoms with Crippen molar-refractivity contribution in [3.8, 4) is 17.1 Å². The van der Waals surface area contributed by atoms with E-state index in [4.69, 9.17) is 15.0 Å². The number of benzene rings is 1. The number of rotatable bonds is 2. The Morgan fingerprint density at radius 1 is 1.43 bits per heavy atom. The van der Waals surface area contributed by atoms with Crippen LogP contribution in [0.4, 0.5) is 16.2 Å². The summed E-state index contributed by atoms with van der Waals surface area (Å²) in [5, 5.41) is 15.9. The summed E-state index contributed by atoms with van der Waals surface area (Å²) in [6, 6.07) is 4.55. The van der Waals surface area contributed by atoms with E-state index in [2.05, 4.69) is 10.5 Å². The number of ether oxygens (including phenoxy) is 1. The number of nitrogen functional groups attached to an aromatic ring is 1. The molecule has 1 aromatic carbocycles. The monoisotopic (exact) mass is 291 g/mol. The quantitative estimate of drug-likeness (QED) is 0.733. The molecule has 21 heavy (non-hydrogen) atoms. The fraction of sp³-hybridized carbons (Fsp3) is 0.286. The number of aromatic nitrogens is 1. The van der Waals surface area contributed by atoms with Crippen LogP contribution in [-0.2, 0) is 4.74 Å². The van der Waals surface area contributed by atoms with Crippen LogP contribution in [0.3, 0.4) is 0 Å². The molecule has 0 unspecified atom stereocenters.